The molecule has 1 aliphatic carbocycles. The predicted molar refractivity (Wildman–Crippen MR) is 120 cm³/mol. The summed E-state index contributed by atoms with van der Waals surface area (Å²) in [6, 6.07) is 4.03. The summed E-state index contributed by atoms with van der Waals surface area (Å²) in [5, 5.41) is 11.5. The highest BCUT2D eigenvalue weighted by Crippen LogP contribution is 2.48. The Labute approximate surface area is 195 Å². The number of halogens is 2. The number of methoxy groups -OCH3 is 2. The molecule has 0 bridgehead atoms. The van der Waals surface area contributed by atoms with Gasteiger partial charge in [-0.15, -0.1) is 0 Å². The van der Waals surface area contributed by atoms with Crippen LogP contribution >= 0.6 is 23.2 Å². The van der Waals surface area contributed by atoms with Crippen LogP contribution in [-0.2, 0) is 9.59 Å². The van der Waals surface area contributed by atoms with Crippen molar-refractivity contribution in [2.24, 2.45) is 0 Å². The molecule has 1 amide bonds. The maximum atomic E-state index is 13.2. The van der Waals surface area contributed by atoms with Gasteiger partial charge in [0.05, 0.1) is 36.4 Å². The van der Waals surface area contributed by atoms with E-state index in [0.717, 1.165) is 25.7 Å². The summed E-state index contributed by atoms with van der Waals surface area (Å²) in [6.45, 7) is 0. The summed E-state index contributed by atoms with van der Waals surface area (Å²) in [5.41, 5.74) is 0.743. The third kappa shape index (κ3) is 3.59. The molecule has 7 nitrogen and oxygen atoms in total. The van der Waals surface area contributed by atoms with Gasteiger partial charge in [0.1, 0.15) is 10.8 Å². The first-order valence-corrected chi connectivity index (χ1v) is 11.0. The zero-order valence-corrected chi connectivity index (χ0v) is 19.1. The lowest BCUT2D eigenvalue weighted by Gasteiger charge is -2.30. The molecule has 1 aromatic carbocycles. The first-order valence-electron chi connectivity index (χ1n) is 10.2. The third-order valence-corrected chi connectivity index (χ3v) is 6.64. The average molecular weight is 477 g/mol. The minimum Gasteiger partial charge on any atom is -0.507 e. The lowest BCUT2D eigenvalue weighted by molar-refractivity contribution is -0.141. The molecule has 1 unspecified atom stereocenters. The highest BCUT2D eigenvalue weighted by atomic mass is 35.5. The van der Waals surface area contributed by atoms with Gasteiger partial charge in [-0.1, -0.05) is 36.0 Å². The molecule has 9 heteroatoms. The second-order valence-corrected chi connectivity index (χ2v) is 8.50. The van der Waals surface area contributed by atoms with Crippen molar-refractivity contribution in [3.8, 4) is 11.5 Å². The van der Waals surface area contributed by atoms with E-state index in [1.165, 1.54) is 20.3 Å². The van der Waals surface area contributed by atoms with E-state index in [-0.39, 0.29) is 38.7 Å². The number of ketones is 1. The van der Waals surface area contributed by atoms with Gasteiger partial charge in [-0.3, -0.25) is 14.6 Å². The molecule has 168 valence electrons. The van der Waals surface area contributed by atoms with Gasteiger partial charge in [0.25, 0.3) is 11.7 Å². The van der Waals surface area contributed by atoms with Crippen LogP contribution < -0.4 is 9.47 Å². The number of amides is 1. The molecule has 2 heterocycles. The smallest absolute Gasteiger partial charge is 0.295 e. The topological polar surface area (TPSA) is 89.0 Å². The fourth-order valence-electron chi connectivity index (χ4n) is 4.57. The first kappa shape index (κ1) is 22.4. The third-order valence-electron chi connectivity index (χ3n) is 6.01. The van der Waals surface area contributed by atoms with E-state index in [2.05, 4.69) is 4.98 Å². The molecule has 4 rings (SSSR count). The average Bonchev–Trinajstić information content (AvgIpc) is 3.41. The van der Waals surface area contributed by atoms with Gasteiger partial charge in [-0.2, -0.15) is 0 Å². The Bertz CT molecular complexity index is 1100. The van der Waals surface area contributed by atoms with E-state index in [4.69, 9.17) is 32.7 Å². The fourth-order valence-corrected chi connectivity index (χ4v) is 5.26. The number of aliphatic hydroxyl groups is 1. The van der Waals surface area contributed by atoms with Crippen molar-refractivity contribution >= 4 is 40.7 Å². The Kier molecular flexibility index (Phi) is 6.31. The number of aliphatic hydroxyl groups excluding tert-OH is 1. The minimum atomic E-state index is -0.763. The number of hydrogen-bond donors (Lipinski definition) is 1. The Morgan fingerprint density at radius 3 is 2.31 bits per heavy atom. The highest BCUT2D eigenvalue weighted by Gasteiger charge is 2.49. The Balaban J connectivity index is 1.96. The molecule has 1 saturated heterocycles. The molecule has 1 atom stereocenters. The van der Waals surface area contributed by atoms with Gasteiger partial charge in [0.2, 0.25) is 0 Å². The van der Waals surface area contributed by atoms with Crippen molar-refractivity contribution in [1.29, 1.82) is 0 Å². The second-order valence-electron chi connectivity index (χ2n) is 7.71. The molecule has 1 aliphatic heterocycles. The lowest BCUT2D eigenvalue weighted by Crippen LogP contribution is -2.37. The molecule has 1 N–H and O–H groups in total. The van der Waals surface area contributed by atoms with Gasteiger partial charge in [0.15, 0.2) is 11.5 Å². The Morgan fingerprint density at radius 2 is 1.72 bits per heavy atom. The minimum absolute atomic E-state index is 0.0382. The summed E-state index contributed by atoms with van der Waals surface area (Å²) >= 11 is 12.7. The summed E-state index contributed by atoms with van der Waals surface area (Å²) in [4.78, 5) is 32.0. The van der Waals surface area contributed by atoms with Crippen molar-refractivity contribution in [1.82, 2.24) is 9.88 Å². The van der Waals surface area contributed by atoms with E-state index in [1.807, 2.05) is 0 Å². The normalized spacial score (nSPS) is 20.8. The number of carbonyl (C=O) groups excluding carboxylic acids is 2. The van der Waals surface area contributed by atoms with E-state index >= 15 is 0 Å². The fraction of sp³-hybridized carbons (Fsp3) is 0.348. The summed E-state index contributed by atoms with van der Waals surface area (Å²) in [6.07, 6.45) is 6.75. The number of ether oxygens (including phenoxy) is 2. The van der Waals surface area contributed by atoms with Gasteiger partial charge in [-0.05, 0) is 36.6 Å². The van der Waals surface area contributed by atoms with Crippen LogP contribution in [0.1, 0.15) is 42.9 Å². The number of Topliss-reactive ketones (excluding diaryl/α,β-unsaturated/α-hetero) is 1. The van der Waals surface area contributed by atoms with E-state index in [0.29, 0.717) is 5.56 Å². The Hall–Kier alpha value is -2.77. The number of nitrogens with zero attached hydrogens (tertiary/aromatic N) is 2. The van der Waals surface area contributed by atoms with Crippen molar-refractivity contribution in [2.45, 2.75) is 37.8 Å². The van der Waals surface area contributed by atoms with E-state index in [1.54, 1.807) is 29.4 Å². The number of pyridine rings is 1. The quantitative estimate of drug-likeness (QED) is 0.379. The number of benzene rings is 1. The van der Waals surface area contributed by atoms with Crippen molar-refractivity contribution in [2.75, 3.05) is 14.2 Å². The lowest BCUT2D eigenvalue weighted by atomic mass is 9.95. The van der Waals surface area contributed by atoms with E-state index < -0.39 is 23.5 Å². The van der Waals surface area contributed by atoms with Crippen LogP contribution in [0.4, 0.5) is 0 Å². The molecule has 0 radical (unpaired) electrons. The van der Waals surface area contributed by atoms with Crippen LogP contribution in [0.5, 0.6) is 11.5 Å². The molecule has 1 saturated carbocycles. The van der Waals surface area contributed by atoms with Gasteiger partial charge in [-0.25, -0.2) is 0 Å². The standard InChI is InChI=1S/C23H22Cl2N2O5/c1-31-21-14(11-15(24)22(32-2)17(21)25)19(28)16-18(12-7-9-26-10-8-12)27(23(30)20(16)29)13-5-3-4-6-13/h7-11,13,18,28H,3-6H2,1-2H3/b19-16+. The molecule has 2 aromatic rings. The number of carbonyl (C=O) groups is 2. The van der Waals surface area contributed by atoms with Crippen LogP contribution in [0.2, 0.25) is 10.0 Å². The van der Waals surface area contributed by atoms with Gasteiger partial charge >= 0.3 is 0 Å². The number of hydrogen-bond acceptors (Lipinski definition) is 6. The number of aromatic nitrogens is 1. The van der Waals surface area contributed by atoms with Crippen molar-refractivity contribution in [3.05, 3.63) is 57.3 Å². The first-order chi connectivity index (χ1) is 15.4. The summed E-state index contributed by atoms with van der Waals surface area (Å²) in [7, 11) is 2.78. The van der Waals surface area contributed by atoms with Crippen molar-refractivity contribution in [3.63, 3.8) is 0 Å². The molecule has 32 heavy (non-hydrogen) atoms. The Morgan fingerprint density at radius 1 is 1.09 bits per heavy atom. The number of likely N-dealkylation sites (tertiary alicyclic amines) is 1. The molecular weight excluding hydrogens is 455 g/mol. The zero-order chi connectivity index (χ0) is 23.0. The van der Waals surface area contributed by atoms with Gasteiger partial charge < -0.3 is 19.5 Å². The van der Waals surface area contributed by atoms with Crippen LogP contribution in [0.3, 0.4) is 0 Å². The molecule has 2 fully saturated rings. The maximum absolute atomic E-state index is 13.2. The summed E-state index contributed by atoms with van der Waals surface area (Å²) < 4.78 is 10.6. The monoisotopic (exact) mass is 476 g/mol. The largest absolute Gasteiger partial charge is 0.507 e. The summed E-state index contributed by atoms with van der Waals surface area (Å²) in [5.74, 6) is -1.54. The van der Waals surface area contributed by atoms with Crippen molar-refractivity contribution < 1.29 is 24.2 Å². The van der Waals surface area contributed by atoms with Gasteiger partial charge in [0, 0.05) is 18.4 Å². The molecule has 2 aliphatic rings. The SMILES string of the molecule is COc1c(Cl)cc(/C(O)=C2\C(=O)C(=O)N(C3CCCC3)C2c2ccncc2)c(OC)c1Cl. The highest BCUT2D eigenvalue weighted by molar-refractivity contribution is 6.47. The van der Waals surface area contributed by atoms with Crippen LogP contribution in [0.25, 0.3) is 5.76 Å². The van der Waals surface area contributed by atoms with Crippen LogP contribution in [0, 0.1) is 0 Å². The molecule has 0 spiro atoms. The molecule has 1 aromatic heterocycles. The van der Waals surface area contributed by atoms with Crippen LogP contribution in [0.15, 0.2) is 36.2 Å². The van der Waals surface area contributed by atoms with Crippen LogP contribution in [-0.4, -0.2) is 46.9 Å². The maximum Gasteiger partial charge on any atom is 0.295 e. The van der Waals surface area contributed by atoms with E-state index in [9.17, 15) is 14.7 Å². The molecular formula is C23H22Cl2N2O5. The zero-order valence-electron chi connectivity index (χ0n) is 17.6. The number of rotatable bonds is 5. The predicted octanol–water partition coefficient (Wildman–Crippen LogP) is 4.77. The second kappa shape index (κ2) is 9.00.